The Bertz CT molecular complexity index is 2200. The van der Waals surface area contributed by atoms with Gasteiger partial charge in [0.2, 0.25) is 0 Å². The molecule has 4 heteroatoms. The van der Waals surface area contributed by atoms with Crippen molar-refractivity contribution in [3.63, 3.8) is 0 Å². The third-order valence-electron chi connectivity index (χ3n) is 7.78. The van der Waals surface area contributed by atoms with Crippen molar-refractivity contribution in [1.82, 2.24) is 15.0 Å². The number of hydrogen-bond donors (Lipinski definition) is 0. The van der Waals surface area contributed by atoms with Crippen molar-refractivity contribution in [3.05, 3.63) is 152 Å². The molecular weight excluding hydrogens is 543 g/mol. The molecule has 0 aliphatic carbocycles. The van der Waals surface area contributed by atoms with E-state index >= 15 is 0 Å². The van der Waals surface area contributed by atoms with Crippen LogP contribution in [-0.4, -0.2) is 15.0 Å². The van der Waals surface area contributed by atoms with Gasteiger partial charge in [-0.15, -0.1) is 11.3 Å². The quantitative estimate of drug-likeness (QED) is 0.208. The summed E-state index contributed by atoms with van der Waals surface area (Å²) in [6.45, 7) is 0. The first-order valence-electron chi connectivity index (χ1n) is 14.3. The molecule has 3 nitrogen and oxygen atoms in total. The highest BCUT2D eigenvalue weighted by atomic mass is 32.1. The van der Waals surface area contributed by atoms with Gasteiger partial charge in [-0.25, -0.2) is 15.0 Å². The number of aromatic nitrogens is 3. The molecule has 0 aliphatic rings. The number of hydrogen-bond acceptors (Lipinski definition) is 4. The van der Waals surface area contributed by atoms with E-state index in [2.05, 4.69) is 115 Å². The first-order valence-corrected chi connectivity index (χ1v) is 15.1. The van der Waals surface area contributed by atoms with Crippen LogP contribution in [0.25, 0.3) is 76.6 Å². The van der Waals surface area contributed by atoms with Gasteiger partial charge in [-0.2, -0.15) is 0 Å². The fourth-order valence-electron chi connectivity index (χ4n) is 5.60. The zero-order chi connectivity index (χ0) is 28.6. The third-order valence-corrected chi connectivity index (χ3v) is 8.92. The highest BCUT2D eigenvalue weighted by Crippen LogP contribution is 2.39. The van der Waals surface area contributed by atoms with Crippen molar-refractivity contribution in [2.45, 2.75) is 0 Å². The van der Waals surface area contributed by atoms with Crippen LogP contribution in [0.1, 0.15) is 0 Å². The maximum absolute atomic E-state index is 5.07. The van der Waals surface area contributed by atoms with Gasteiger partial charge in [-0.1, -0.05) is 140 Å². The summed E-state index contributed by atoms with van der Waals surface area (Å²) in [6, 6.07) is 52.7. The Morgan fingerprint density at radius 1 is 0.326 bits per heavy atom. The summed E-state index contributed by atoms with van der Waals surface area (Å²) < 4.78 is 2.49. The normalized spacial score (nSPS) is 11.3. The monoisotopic (exact) mass is 567 g/mol. The number of nitrogens with zero attached hydrogens (tertiary/aromatic N) is 3. The lowest BCUT2D eigenvalue weighted by Gasteiger charge is -2.10. The summed E-state index contributed by atoms with van der Waals surface area (Å²) in [4.78, 5) is 15.0. The zero-order valence-electron chi connectivity index (χ0n) is 23.2. The van der Waals surface area contributed by atoms with Crippen molar-refractivity contribution in [1.29, 1.82) is 0 Å². The van der Waals surface area contributed by atoms with Crippen molar-refractivity contribution in [3.8, 4) is 56.4 Å². The van der Waals surface area contributed by atoms with Crippen molar-refractivity contribution < 1.29 is 0 Å². The molecule has 0 bridgehead atoms. The molecule has 0 spiro atoms. The first kappa shape index (κ1) is 25.3. The molecule has 0 atom stereocenters. The van der Waals surface area contributed by atoms with Crippen molar-refractivity contribution in [2.24, 2.45) is 0 Å². The van der Waals surface area contributed by atoms with Crippen LogP contribution in [0.5, 0.6) is 0 Å². The van der Waals surface area contributed by atoms with Crippen LogP contribution in [0, 0.1) is 0 Å². The molecule has 0 saturated carbocycles. The Kier molecular flexibility index (Phi) is 6.32. The predicted molar refractivity (Wildman–Crippen MR) is 180 cm³/mol. The molecule has 0 N–H and O–H groups in total. The summed E-state index contributed by atoms with van der Waals surface area (Å²) in [5.74, 6) is 2.00. The molecule has 0 amide bonds. The summed E-state index contributed by atoms with van der Waals surface area (Å²) in [5, 5.41) is 2.41. The smallest absolute Gasteiger partial charge is 0.164 e. The second-order valence-electron chi connectivity index (χ2n) is 10.5. The van der Waals surface area contributed by atoms with Crippen molar-refractivity contribution in [2.75, 3.05) is 0 Å². The Labute approximate surface area is 253 Å². The average Bonchev–Trinajstić information content (AvgIpc) is 3.48. The highest BCUT2D eigenvalue weighted by molar-refractivity contribution is 7.25. The Morgan fingerprint density at radius 2 is 0.767 bits per heavy atom. The second-order valence-corrected chi connectivity index (χ2v) is 11.6. The van der Waals surface area contributed by atoms with Gasteiger partial charge in [-0.3, -0.25) is 0 Å². The van der Waals surface area contributed by atoms with Crippen LogP contribution < -0.4 is 0 Å². The van der Waals surface area contributed by atoms with E-state index in [1.54, 1.807) is 11.3 Å². The van der Waals surface area contributed by atoms with Crippen LogP contribution in [-0.2, 0) is 0 Å². The standard InChI is InChI=1S/C39H25N3S/c1-3-10-26(11-4-1)27-18-20-28(21-19-27)29-22-24-31(25-23-29)38-40-37(30-12-5-2-6-13-30)41-39(42-38)33-15-9-17-35-36(33)32-14-7-8-16-34(32)43-35/h1-25H. The van der Waals surface area contributed by atoms with Gasteiger partial charge in [0.1, 0.15) is 0 Å². The van der Waals surface area contributed by atoms with Gasteiger partial charge in [0, 0.05) is 36.9 Å². The van der Waals surface area contributed by atoms with Crippen LogP contribution in [0.2, 0.25) is 0 Å². The van der Waals surface area contributed by atoms with E-state index in [0.717, 1.165) is 22.3 Å². The lowest BCUT2D eigenvalue weighted by Crippen LogP contribution is -2.00. The van der Waals surface area contributed by atoms with Crippen LogP contribution in [0.3, 0.4) is 0 Å². The maximum atomic E-state index is 5.07. The Balaban J connectivity index is 1.22. The fraction of sp³-hybridized carbons (Fsp3) is 0. The van der Waals surface area contributed by atoms with E-state index in [-0.39, 0.29) is 0 Å². The minimum absolute atomic E-state index is 0.659. The van der Waals surface area contributed by atoms with Crippen LogP contribution in [0.15, 0.2) is 152 Å². The van der Waals surface area contributed by atoms with Gasteiger partial charge in [-0.05, 0) is 34.4 Å². The van der Waals surface area contributed by atoms with Gasteiger partial charge >= 0.3 is 0 Å². The number of fused-ring (bicyclic) bond motifs is 3. The van der Waals surface area contributed by atoms with E-state index in [4.69, 9.17) is 15.0 Å². The molecule has 2 heterocycles. The molecule has 2 aromatic heterocycles. The van der Waals surface area contributed by atoms with E-state index < -0.39 is 0 Å². The van der Waals surface area contributed by atoms with Gasteiger partial charge < -0.3 is 0 Å². The molecule has 6 aromatic carbocycles. The lowest BCUT2D eigenvalue weighted by atomic mass is 9.99. The molecule has 0 unspecified atom stereocenters. The molecular formula is C39H25N3S. The minimum Gasteiger partial charge on any atom is -0.208 e. The van der Waals surface area contributed by atoms with Crippen LogP contribution in [0.4, 0.5) is 0 Å². The number of benzene rings is 6. The van der Waals surface area contributed by atoms with E-state index in [1.165, 1.54) is 36.9 Å². The number of thiophene rings is 1. The molecule has 43 heavy (non-hydrogen) atoms. The van der Waals surface area contributed by atoms with E-state index in [1.807, 2.05) is 36.4 Å². The SMILES string of the molecule is c1ccc(-c2ccc(-c3ccc(-c4nc(-c5ccccc5)nc(-c5cccc6sc7ccccc7c56)n4)cc3)cc2)cc1. The lowest BCUT2D eigenvalue weighted by molar-refractivity contribution is 1.08. The Morgan fingerprint density at radius 3 is 1.40 bits per heavy atom. The molecule has 0 fully saturated rings. The second kappa shape index (κ2) is 10.8. The minimum atomic E-state index is 0.659. The largest absolute Gasteiger partial charge is 0.208 e. The zero-order valence-corrected chi connectivity index (χ0v) is 24.0. The topological polar surface area (TPSA) is 38.7 Å². The van der Waals surface area contributed by atoms with Gasteiger partial charge in [0.25, 0.3) is 0 Å². The molecule has 8 aromatic rings. The first-order chi connectivity index (χ1) is 21.3. The third kappa shape index (κ3) is 4.78. The molecule has 202 valence electrons. The summed E-state index contributed by atoms with van der Waals surface area (Å²) >= 11 is 1.80. The summed E-state index contributed by atoms with van der Waals surface area (Å²) in [7, 11) is 0. The van der Waals surface area contributed by atoms with Crippen molar-refractivity contribution >= 4 is 31.5 Å². The van der Waals surface area contributed by atoms with Gasteiger partial charge in [0.15, 0.2) is 17.5 Å². The maximum Gasteiger partial charge on any atom is 0.164 e. The fourth-order valence-corrected chi connectivity index (χ4v) is 6.73. The predicted octanol–water partition coefficient (Wildman–Crippen LogP) is 10.6. The average molecular weight is 568 g/mol. The van der Waals surface area contributed by atoms with Crippen LogP contribution >= 0.6 is 11.3 Å². The molecule has 0 saturated heterocycles. The summed E-state index contributed by atoms with van der Waals surface area (Å²) in [5.41, 5.74) is 7.68. The molecule has 8 rings (SSSR count). The molecule has 0 radical (unpaired) electrons. The number of rotatable bonds is 5. The molecule has 0 aliphatic heterocycles. The van der Waals surface area contributed by atoms with E-state index in [9.17, 15) is 0 Å². The summed E-state index contributed by atoms with van der Waals surface area (Å²) in [6.07, 6.45) is 0. The van der Waals surface area contributed by atoms with Gasteiger partial charge in [0.05, 0.1) is 0 Å². The Hall–Kier alpha value is -5.45. The highest BCUT2D eigenvalue weighted by Gasteiger charge is 2.16. The van der Waals surface area contributed by atoms with E-state index in [0.29, 0.717) is 17.5 Å².